The molecule has 0 radical (unpaired) electrons. The molecular weight excluding hydrogens is 498 g/mol. The lowest BCUT2D eigenvalue weighted by molar-refractivity contribution is -0.154. The van der Waals surface area contributed by atoms with Gasteiger partial charge in [0.25, 0.3) is 5.56 Å². The number of carbonyl (C=O) groups excluding carboxylic acids is 1. The molecule has 2 N–H and O–H groups in total. The molecule has 0 saturated heterocycles. The van der Waals surface area contributed by atoms with Gasteiger partial charge in [0.15, 0.2) is 5.69 Å². The van der Waals surface area contributed by atoms with Crippen LogP contribution in [0.4, 0.5) is 11.4 Å². The molecule has 37 heavy (non-hydrogen) atoms. The molecule has 0 amide bonds. The minimum atomic E-state index is -3.79. The molecule has 0 spiro atoms. The Balaban J connectivity index is 2.09. The van der Waals surface area contributed by atoms with Crippen molar-refractivity contribution in [1.29, 1.82) is 5.26 Å². The largest absolute Gasteiger partial charge is 0.493 e. The summed E-state index contributed by atoms with van der Waals surface area (Å²) in [4.78, 5) is 24.4. The van der Waals surface area contributed by atoms with E-state index in [-0.39, 0.29) is 53.3 Å². The van der Waals surface area contributed by atoms with Gasteiger partial charge in [-0.1, -0.05) is 13.8 Å². The Morgan fingerprint density at radius 1 is 1.22 bits per heavy atom. The van der Waals surface area contributed by atoms with E-state index < -0.39 is 21.0 Å². The molecule has 11 nitrogen and oxygen atoms in total. The number of aromatic hydroxyl groups is 1. The van der Waals surface area contributed by atoms with E-state index in [4.69, 9.17) is 4.74 Å². The lowest BCUT2D eigenvalue weighted by atomic mass is 9.91. The summed E-state index contributed by atoms with van der Waals surface area (Å²) >= 11 is 0. The number of nitriles is 1. The van der Waals surface area contributed by atoms with Gasteiger partial charge in [-0.05, 0) is 64.3 Å². The Bertz CT molecular complexity index is 1360. The summed E-state index contributed by atoms with van der Waals surface area (Å²) in [6.07, 6.45) is 1.52. The summed E-state index contributed by atoms with van der Waals surface area (Å²) in [6.45, 7) is 9.21. The van der Waals surface area contributed by atoms with E-state index in [0.717, 1.165) is 4.57 Å². The quantitative estimate of drug-likeness (QED) is 0.235. The van der Waals surface area contributed by atoms with E-state index in [9.17, 15) is 28.4 Å². The van der Waals surface area contributed by atoms with Crippen LogP contribution < -0.4 is 10.3 Å². The second-order valence-electron chi connectivity index (χ2n) is 9.06. The lowest BCUT2D eigenvalue weighted by Crippen LogP contribution is -2.28. The molecule has 0 atom stereocenters. The van der Waals surface area contributed by atoms with Gasteiger partial charge >= 0.3 is 5.97 Å². The van der Waals surface area contributed by atoms with Crippen molar-refractivity contribution in [2.45, 2.75) is 65.3 Å². The zero-order valence-electron chi connectivity index (χ0n) is 21.7. The normalized spacial score (nSPS) is 12.0. The molecule has 1 aromatic carbocycles. The number of carbonyl (C=O) groups is 1. The van der Waals surface area contributed by atoms with Crippen molar-refractivity contribution in [2.24, 2.45) is 15.6 Å². The summed E-state index contributed by atoms with van der Waals surface area (Å²) in [5.74, 6) is -0.710. The number of nitrogens with zero attached hydrogens (tertiary/aromatic N) is 4. The summed E-state index contributed by atoms with van der Waals surface area (Å²) < 4.78 is 33.8. The van der Waals surface area contributed by atoms with Crippen molar-refractivity contribution in [1.82, 2.24) is 9.29 Å². The predicted molar refractivity (Wildman–Crippen MR) is 138 cm³/mol. The summed E-state index contributed by atoms with van der Waals surface area (Å²) in [7, 11) is -3.79. The second-order valence-corrected chi connectivity index (χ2v) is 10.8. The smallest absolute Gasteiger partial charge is 0.311 e. The first-order valence-electron chi connectivity index (χ1n) is 11.9. The Morgan fingerprint density at radius 3 is 2.43 bits per heavy atom. The monoisotopic (exact) mass is 531 g/mol. The highest BCUT2D eigenvalue weighted by molar-refractivity contribution is 7.89. The van der Waals surface area contributed by atoms with Crippen molar-refractivity contribution in [2.75, 3.05) is 13.2 Å². The first-order valence-corrected chi connectivity index (χ1v) is 13.4. The molecule has 12 heteroatoms. The van der Waals surface area contributed by atoms with E-state index in [1.165, 1.54) is 31.2 Å². The minimum Gasteiger partial charge on any atom is -0.493 e. The lowest BCUT2D eigenvalue weighted by Gasteiger charge is -2.20. The van der Waals surface area contributed by atoms with Crippen LogP contribution in [-0.4, -0.2) is 37.2 Å². The highest BCUT2D eigenvalue weighted by Gasteiger charge is 2.26. The second kappa shape index (κ2) is 12.6. The van der Waals surface area contributed by atoms with Gasteiger partial charge < -0.3 is 9.84 Å². The zero-order chi connectivity index (χ0) is 27.8. The Labute approximate surface area is 216 Å². The maximum atomic E-state index is 12.5. The highest BCUT2D eigenvalue weighted by atomic mass is 32.2. The van der Waals surface area contributed by atoms with Gasteiger partial charge in [0, 0.05) is 18.7 Å². The third-order valence-electron chi connectivity index (χ3n) is 5.91. The molecule has 2 aromatic rings. The molecule has 1 heterocycles. The molecule has 0 fully saturated rings. The zero-order valence-corrected chi connectivity index (χ0v) is 22.6. The van der Waals surface area contributed by atoms with Crippen LogP contribution >= 0.6 is 0 Å². The van der Waals surface area contributed by atoms with E-state index in [1.54, 1.807) is 13.8 Å². The van der Waals surface area contributed by atoms with Gasteiger partial charge in [0.1, 0.15) is 11.6 Å². The Morgan fingerprint density at radius 2 is 1.86 bits per heavy atom. The number of ether oxygens (including phenoxy) is 1. The molecule has 0 aliphatic rings. The van der Waals surface area contributed by atoms with E-state index in [0.29, 0.717) is 24.9 Å². The Hall–Kier alpha value is -3.56. The molecule has 0 unspecified atom stereocenters. The van der Waals surface area contributed by atoms with Gasteiger partial charge in [0.2, 0.25) is 15.9 Å². The van der Waals surface area contributed by atoms with Gasteiger partial charge in [-0.3, -0.25) is 14.2 Å². The molecule has 0 saturated carbocycles. The number of hydrogen-bond acceptors (Lipinski definition) is 9. The van der Waals surface area contributed by atoms with Gasteiger partial charge in [-0.25, -0.2) is 13.1 Å². The van der Waals surface area contributed by atoms with Crippen LogP contribution in [0.15, 0.2) is 44.2 Å². The van der Waals surface area contributed by atoms with Crippen molar-refractivity contribution in [3.63, 3.8) is 0 Å². The third-order valence-corrected chi connectivity index (χ3v) is 7.39. The van der Waals surface area contributed by atoms with Crippen LogP contribution in [0.2, 0.25) is 0 Å². The fraction of sp³-hybridized carbons (Fsp3) is 0.480. The van der Waals surface area contributed by atoms with Gasteiger partial charge in [0.05, 0.1) is 22.6 Å². The fourth-order valence-electron chi connectivity index (χ4n) is 3.15. The SMILES string of the molecule is CCCn1c(O)c(N=Nc2ccc(S(=O)(=O)NCCCOC(=O)C(C)(C)CC)cc2)c(C)c(C#N)c1=O. The standard InChI is InChI=1S/C25H33N5O6S/c1-6-14-30-22(31)20(16-26)17(3)21(23(30)32)29-28-18-9-11-19(12-10-18)37(34,35)27-13-8-15-36-24(33)25(4,5)7-2/h9-12,27,32H,6-8,13-15H2,1-5H3. The van der Waals surface area contributed by atoms with Crippen LogP contribution in [-0.2, 0) is 26.1 Å². The van der Waals surface area contributed by atoms with Gasteiger partial charge in [-0.15, -0.1) is 5.11 Å². The summed E-state index contributed by atoms with van der Waals surface area (Å²) in [6, 6.07) is 7.43. The van der Waals surface area contributed by atoms with Crippen LogP contribution in [0.3, 0.4) is 0 Å². The molecule has 200 valence electrons. The molecule has 0 aliphatic heterocycles. The number of nitrogens with one attached hydrogen (secondary N) is 1. The maximum Gasteiger partial charge on any atom is 0.311 e. The molecule has 1 aromatic heterocycles. The maximum absolute atomic E-state index is 12.5. The average molecular weight is 532 g/mol. The van der Waals surface area contributed by atoms with Crippen molar-refractivity contribution in [3.05, 3.63) is 45.7 Å². The van der Waals surface area contributed by atoms with Crippen LogP contribution in [0.25, 0.3) is 0 Å². The molecule has 2 rings (SSSR count). The number of rotatable bonds is 12. The number of azo groups is 1. The van der Waals surface area contributed by atoms with Crippen molar-refractivity contribution >= 4 is 27.4 Å². The Kier molecular flexibility index (Phi) is 10.1. The predicted octanol–water partition coefficient (Wildman–Crippen LogP) is 4.21. The number of pyridine rings is 1. The highest BCUT2D eigenvalue weighted by Crippen LogP contribution is 2.32. The third kappa shape index (κ3) is 7.24. The van der Waals surface area contributed by atoms with Gasteiger partial charge in [-0.2, -0.15) is 10.4 Å². The van der Waals surface area contributed by atoms with Crippen LogP contribution in [0.5, 0.6) is 5.88 Å². The fourth-order valence-corrected chi connectivity index (χ4v) is 4.23. The molecule has 0 bridgehead atoms. The first-order chi connectivity index (χ1) is 17.4. The van der Waals surface area contributed by atoms with E-state index >= 15 is 0 Å². The number of hydrogen-bond donors (Lipinski definition) is 2. The minimum absolute atomic E-state index is 0.00834. The number of sulfonamides is 1. The summed E-state index contributed by atoms with van der Waals surface area (Å²) in [5.41, 5.74) is -0.807. The summed E-state index contributed by atoms with van der Waals surface area (Å²) in [5, 5.41) is 27.9. The van der Waals surface area contributed by atoms with Crippen LogP contribution in [0, 0.1) is 23.7 Å². The van der Waals surface area contributed by atoms with E-state index in [2.05, 4.69) is 15.0 Å². The molecular formula is C25H33N5O6S. The van der Waals surface area contributed by atoms with Crippen LogP contribution in [0.1, 0.15) is 58.1 Å². The molecule has 0 aliphatic carbocycles. The first kappa shape index (κ1) is 29.7. The number of benzene rings is 1. The van der Waals surface area contributed by atoms with E-state index in [1.807, 2.05) is 19.9 Å². The number of aromatic nitrogens is 1. The topological polar surface area (TPSA) is 163 Å². The average Bonchev–Trinajstić information content (AvgIpc) is 2.86. The number of esters is 1. The van der Waals surface area contributed by atoms with Crippen molar-refractivity contribution in [3.8, 4) is 11.9 Å². The van der Waals surface area contributed by atoms with Crippen molar-refractivity contribution < 1.29 is 23.1 Å².